The van der Waals surface area contributed by atoms with E-state index in [0.29, 0.717) is 13.1 Å². The summed E-state index contributed by atoms with van der Waals surface area (Å²) in [4.78, 5) is 13.5. The van der Waals surface area contributed by atoms with Crippen molar-refractivity contribution in [3.8, 4) is 0 Å². The second kappa shape index (κ2) is 7.13. The number of benzene rings is 1. The number of nitrogens with one attached hydrogen (secondary N) is 1. The predicted octanol–water partition coefficient (Wildman–Crippen LogP) is 0.924. The molecule has 0 bridgehead atoms. The third-order valence-corrected chi connectivity index (χ3v) is 3.02. The summed E-state index contributed by atoms with van der Waals surface area (Å²) in [6.07, 6.45) is 0. The van der Waals surface area contributed by atoms with Crippen molar-refractivity contribution in [2.24, 2.45) is 0 Å². The van der Waals surface area contributed by atoms with Crippen molar-refractivity contribution in [1.82, 2.24) is 10.2 Å². The van der Waals surface area contributed by atoms with Crippen molar-refractivity contribution in [3.63, 3.8) is 0 Å². The average Bonchev–Trinajstić information content (AvgIpc) is 2.37. The molecule has 2 N–H and O–H groups in total. The SMILES string of the molecule is Cc1ccc(CNC(=O)CN(C)C(C)CO)cc1. The highest BCUT2D eigenvalue weighted by atomic mass is 16.3. The molecule has 4 heteroatoms. The van der Waals surface area contributed by atoms with Crippen LogP contribution in [0.5, 0.6) is 0 Å². The van der Waals surface area contributed by atoms with Gasteiger partial charge in [0.1, 0.15) is 0 Å². The van der Waals surface area contributed by atoms with Crippen LogP contribution in [0.3, 0.4) is 0 Å². The van der Waals surface area contributed by atoms with Gasteiger partial charge in [0.15, 0.2) is 0 Å². The highest BCUT2D eigenvalue weighted by Crippen LogP contribution is 2.02. The number of amides is 1. The van der Waals surface area contributed by atoms with Gasteiger partial charge in [-0.1, -0.05) is 29.8 Å². The van der Waals surface area contributed by atoms with Gasteiger partial charge in [-0.05, 0) is 26.5 Å². The smallest absolute Gasteiger partial charge is 0.234 e. The van der Waals surface area contributed by atoms with E-state index in [-0.39, 0.29) is 18.6 Å². The van der Waals surface area contributed by atoms with Gasteiger partial charge in [0.25, 0.3) is 0 Å². The fourth-order valence-corrected chi connectivity index (χ4v) is 1.48. The van der Waals surface area contributed by atoms with E-state index in [4.69, 9.17) is 5.11 Å². The second-order valence-corrected chi connectivity index (χ2v) is 4.71. The number of aryl methyl sites for hydroxylation is 1. The predicted molar refractivity (Wildman–Crippen MR) is 72.2 cm³/mol. The van der Waals surface area contributed by atoms with E-state index >= 15 is 0 Å². The molecule has 0 aromatic heterocycles. The minimum atomic E-state index is -0.0293. The fourth-order valence-electron chi connectivity index (χ4n) is 1.48. The van der Waals surface area contributed by atoms with E-state index in [0.717, 1.165) is 5.56 Å². The molecule has 0 saturated heterocycles. The Morgan fingerprint density at radius 3 is 2.56 bits per heavy atom. The molecule has 0 radical (unpaired) electrons. The Labute approximate surface area is 109 Å². The molecule has 0 fully saturated rings. The number of nitrogens with zero attached hydrogens (tertiary/aromatic N) is 1. The number of aliphatic hydroxyl groups excluding tert-OH is 1. The van der Waals surface area contributed by atoms with Gasteiger partial charge in [-0.2, -0.15) is 0 Å². The molecule has 1 unspecified atom stereocenters. The van der Waals surface area contributed by atoms with Crippen molar-refractivity contribution >= 4 is 5.91 Å². The maximum atomic E-state index is 11.7. The molecular weight excluding hydrogens is 228 g/mol. The van der Waals surface area contributed by atoms with Crippen LogP contribution in [0.2, 0.25) is 0 Å². The van der Waals surface area contributed by atoms with Crippen LogP contribution in [-0.2, 0) is 11.3 Å². The third kappa shape index (κ3) is 4.85. The van der Waals surface area contributed by atoms with Gasteiger partial charge in [-0.3, -0.25) is 9.69 Å². The molecule has 1 aromatic carbocycles. The molecule has 0 heterocycles. The van der Waals surface area contributed by atoms with Crippen LogP contribution >= 0.6 is 0 Å². The number of carbonyl (C=O) groups excluding carboxylic acids is 1. The van der Waals surface area contributed by atoms with E-state index in [1.165, 1.54) is 5.56 Å². The summed E-state index contributed by atoms with van der Waals surface area (Å²) in [5.41, 5.74) is 2.30. The Morgan fingerprint density at radius 1 is 1.39 bits per heavy atom. The molecule has 0 saturated carbocycles. The van der Waals surface area contributed by atoms with Gasteiger partial charge in [0, 0.05) is 12.6 Å². The molecule has 1 rings (SSSR count). The number of carbonyl (C=O) groups is 1. The Morgan fingerprint density at radius 2 is 2.00 bits per heavy atom. The number of rotatable bonds is 6. The van der Waals surface area contributed by atoms with Gasteiger partial charge >= 0.3 is 0 Å². The first-order valence-electron chi connectivity index (χ1n) is 6.16. The molecule has 4 nitrogen and oxygen atoms in total. The standard InChI is InChI=1S/C14H22N2O2/c1-11-4-6-13(7-5-11)8-15-14(18)9-16(3)12(2)10-17/h4-7,12,17H,8-10H2,1-3H3,(H,15,18). The molecule has 0 aliphatic carbocycles. The number of hydrogen-bond acceptors (Lipinski definition) is 3. The third-order valence-electron chi connectivity index (χ3n) is 3.02. The molecule has 0 aliphatic rings. The molecule has 1 aromatic rings. The van der Waals surface area contributed by atoms with Crippen molar-refractivity contribution in [1.29, 1.82) is 0 Å². The van der Waals surface area contributed by atoms with Gasteiger partial charge in [-0.25, -0.2) is 0 Å². The first-order valence-corrected chi connectivity index (χ1v) is 6.16. The lowest BCUT2D eigenvalue weighted by Crippen LogP contribution is -2.40. The zero-order valence-electron chi connectivity index (χ0n) is 11.3. The lowest BCUT2D eigenvalue weighted by atomic mass is 10.1. The highest BCUT2D eigenvalue weighted by Gasteiger charge is 2.11. The van der Waals surface area contributed by atoms with Crippen molar-refractivity contribution in [2.75, 3.05) is 20.2 Å². The van der Waals surface area contributed by atoms with Gasteiger partial charge in [0.05, 0.1) is 13.2 Å². The lowest BCUT2D eigenvalue weighted by Gasteiger charge is -2.21. The summed E-state index contributed by atoms with van der Waals surface area (Å²) in [5.74, 6) is -0.0293. The molecule has 0 spiro atoms. The molecule has 0 aliphatic heterocycles. The molecule has 1 amide bonds. The maximum absolute atomic E-state index is 11.7. The zero-order chi connectivity index (χ0) is 13.5. The van der Waals surface area contributed by atoms with Crippen LogP contribution in [0.15, 0.2) is 24.3 Å². The van der Waals surface area contributed by atoms with E-state index < -0.39 is 0 Å². The Hall–Kier alpha value is -1.39. The normalized spacial score (nSPS) is 12.5. The Bertz CT molecular complexity index is 376. The lowest BCUT2D eigenvalue weighted by molar-refractivity contribution is -0.122. The van der Waals surface area contributed by atoms with Crippen LogP contribution in [0, 0.1) is 6.92 Å². The average molecular weight is 250 g/mol. The zero-order valence-corrected chi connectivity index (χ0v) is 11.3. The molecule has 1 atom stereocenters. The largest absolute Gasteiger partial charge is 0.395 e. The Kier molecular flexibility index (Phi) is 5.82. The number of hydrogen-bond donors (Lipinski definition) is 2. The van der Waals surface area contributed by atoms with E-state index in [9.17, 15) is 4.79 Å². The van der Waals surface area contributed by atoms with E-state index in [1.807, 2.05) is 50.1 Å². The van der Waals surface area contributed by atoms with Crippen LogP contribution in [0.25, 0.3) is 0 Å². The maximum Gasteiger partial charge on any atom is 0.234 e. The molecule has 100 valence electrons. The van der Waals surface area contributed by atoms with Crippen LogP contribution in [0.4, 0.5) is 0 Å². The van der Waals surface area contributed by atoms with Crippen LogP contribution in [0.1, 0.15) is 18.1 Å². The molecule has 18 heavy (non-hydrogen) atoms. The summed E-state index contributed by atoms with van der Waals surface area (Å²) < 4.78 is 0. The van der Waals surface area contributed by atoms with E-state index in [1.54, 1.807) is 0 Å². The monoisotopic (exact) mass is 250 g/mol. The van der Waals surface area contributed by atoms with Gasteiger partial charge in [0.2, 0.25) is 5.91 Å². The molecular formula is C14H22N2O2. The van der Waals surface area contributed by atoms with Gasteiger partial charge in [-0.15, -0.1) is 0 Å². The summed E-state index contributed by atoms with van der Waals surface area (Å²) in [6, 6.07) is 8.07. The van der Waals surface area contributed by atoms with Crippen molar-refractivity contribution < 1.29 is 9.90 Å². The number of likely N-dealkylation sites (N-methyl/N-ethyl adjacent to an activating group) is 1. The topological polar surface area (TPSA) is 52.6 Å². The van der Waals surface area contributed by atoms with Crippen LogP contribution in [-0.4, -0.2) is 42.2 Å². The second-order valence-electron chi connectivity index (χ2n) is 4.71. The van der Waals surface area contributed by atoms with Crippen molar-refractivity contribution in [2.45, 2.75) is 26.4 Å². The Balaban J connectivity index is 2.35. The first-order chi connectivity index (χ1) is 8.52. The first kappa shape index (κ1) is 14.7. The quantitative estimate of drug-likeness (QED) is 0.789. The minimum Gasteiger partial charge on any atom is -0.395 e. The summed E-state index contributed by atoms with van der Waals surface area (Å²) >= 11 is 0. The van der Waals surface area contributed by atoms with Crippen molar-refractivity contribution in [3.05, 3.63) is 35.4 Å². The van der Waals surface area contributed by atoms with Gasteiger partial charge < -0.3 is 10.4 Å². The number of aliphatic hydroxyl groups is 1. The summed E-state index contributed by atoms with van der Waals surface area (Å²) in [5, 5.41) is 11.8. The van der Waals surface area contributed by atoms with Crippen LogP contribution < -0.4 is 5.32 Å². The minimum absolute atomic E-state index is 0.00451. The fraction of sp³-hybridized carbons (Fsp3) is 0.500. The van der Waals surface area contributed by atoms with E-state index in [2.05, 4.69) is 5.32 Å². The summed E-state index contributed by atoms with van der Waals surface area (Å²) in [7, 11) is 1.83. The highest BCUT2D eigenvalue weighted by molar-refractivity contribution is 5.78. The summed E-state index contributed by atoms with van der Waals surface area (Å²) in [6.45, 7) is 4.82.